The molecule has 0 spiro atoms. The Kier molecular flexibility index (Phi) is 6.04. The molecule has 0 aliphatic heterocycles. The van der Waals surface area contributed by atoms with Crippen molar-refractivity contribution >= 4 is 22.3 Å². The molecule has 0 saturated carbocycles. The Balaban J connectivity index is 1.72. The van der Waals surface area contributed by atoms with Crippen molar-refractivity contribution in [3.8, 4) is 5.75 Å². The Bertz CT molecular complexity index is 1460. The first-order valence-corrected chi connectivity index (χ1v) is 11.2. The van der Waals surface area contributed by atoms with E-state index in [0.29, 0.717) is 17.7 Å². The van der Waals surface area contributed by atoms with Gasteiger partial charge in [0, 0.05) is 16.5 Å². The van der Waals surface area contributed by atoms with Crippen LogP contribution in [0.3, 0.4) is 0 Å². The van der Waals surface area contributed by atoms with Crippen LogP contribution in [-0.2, 0) is 6.54 Å². The number of nitrogens with zero attached hydrogens (tertiary/aromatic N) is 2. The Morgan fingerprint density at radius 2 is 1.35 bits per heavy atom. The SMILES string of the molecule is COc1ccc(Cn2c(N=C(c3ccccc3)c3ccccc3)cc3ccccc3c2=O)cc1. The molecule has 0 fully saturated rings. The van der Waals surface area contributed by atoms with Crippen LogP contribution in [0.2, 0.25) is 0 Å². The molecule has 0 amide bonds. The van der Waals surface area contributed by atoms with Gasteiger partial charge in [-0.2, -0.15) is 0 Å². The van der Waals surface area contributed by atoms with Gasteiger partial charge in [0.1, 0.15) is 11.6 Å². The van der Waals surface area contributed by atoms with Crippen LogP contribution in [0, 0.1) is 0 Å². The lowest BCUT2D eigenvalue weighted by molar-refractivity contribution is 0.414. The lowest BCUT2D eigenvalue weighted by Gasteiger charge is -2.14. The average Bonchev–Trinajstić information content (AvgIpc) is 2.90. The minimum absolute atomic E-state index is 0.0619. The van der Waals surface area contributed by atoms with Crippen LogP contribution in [0.5, 0.6) is 5.75 Å². The van der Waals surface area contributed by atoms with Crippen LogP contribution in [0.1, 0.15) is 16.7 Å². The van der Waals surface area contributed by atoms with Gasteiger partial charge in [-0.3, -0.25) is 9.36 Å². The maximum Gasteiger partial charge on any atom is 0.260 e. The number of methoxy groups -OCH3 is 1. The summed E-state index contributed by atoms with van der Waals surface area (Å²) in [5.74, 6) is 1.39. The summed E-state index contributed by atoms with van der Waals surface area (Å²) in [5, 5.41) is 1.55. The summed E-state index contributed by atoms with van der Waals surface area (Å²) in [6, 6.07) is 37.5. The molecule has 1 aromatic heterocycles. The molecule has 34 heavy (non-hydrogen) atoms. The molecule has 0 bridgehead atoms. The summed E-state index contributed by atoms with van der Waals surface area (Å²) in [6.07, 6.45) is 0. The van der Waals surface area contributed by atoms with Crippen molar-refractivity contribution in [2.75, 3.05) is 7.11 Å². The smallest absolute Gasteiger partial charge is 0.260 e. The largest absolute Gasteiger partial charge is 0.497 e. The van der Waals surface area contributed by atoms with Crippen molar-refractivity contribution in [3.05, 3.63) is 142 Å². The van der Waals surface area contributed by atoms with Gasteiger partial charge in [0.05, 0.1) is 19.4 Å². The van der Waals surface area contributed by atoms with Gasteiger partial charge in [-0.1, -0.05) is 91.0 Å². The maximum atomic E-state index is 13.6. The third-order valence-corrected chi connectivity index (χ3v) is 5.82. The van der Waals surface area contributed by atoms with E-state index >= 15 is 0 Å². The summed E-state index contributed by atoms with van der Waals surface area (Å²) < 4.78 is 7.03. The molecule has 0 unspecified atom stereocenters. The molecule has 0 aliphatic rings. The molecule has 0 atom stereocenters. The number of hydrogen-bond acceptors (Lipinski definition) is 3. The van der Waals surface area contributed by atoms with E-state index in [1.54, 1.807) is 11.7 Å². The number of benzene rings is 4. The molecule has 0 radical (unpaired) electrons. The third-order valence-electron chi connectivity index (χ3n) is 5.82. The number of aliphatic imine (C=N–C) groups is 1. The second-order valence-corrected chi connectivity index (χ2v) is 8.02. The standard InChI is InChI=1S/C30H24N2O2/c1-34-26-18-16-22(17-19-26)21-32-28(20-25-14-8-9-15-27(25)30(32)33)31-29(23-10-4-2-5-11-23)24-12-6-3-7-13-24/h2-20H,21H2,1H3. The molecule has 0 aliphatic carbocycles. The topological polar surface area (TPSA) is 43.6 Å². The highest BCUT2D eigenvalue weighted by atomic mass is 16.5. The minimum Gasteiger partial charge on any atom is -0.497 e. The lowest BCUT2D eigenvalue weighted by atomic mass is 10.0. The van der Waals surface area contributed by atoms with Gasteiger partial charge >= 0.3 is 0 Å². The minimum atomic E-state index is -0.0619. The molecule has 4 nitrogen and oxygen atoms in total. The fourth-order valence-corrected chi connectivity index (χ4v) is 4.05. The van der Waals surface area contributed by atoms with Gasteiger partial charge < -0.3 is 4.74 Å². The van der Waals surface area contributed by atoms with Gasteiger partial charge in [-0.15, -0.1) is 0 Å². The summed E-state index contributed by atoms with van der Waals surface area (Å²) in [4.78, 5) is 18.7. The molecular formula is C30H24N2O2. The van der Waals surface area contributed by atoms with E-state index in [9.17, 15) is 4.79 Å². The first-order valence-electron chi connectivity index (χ1n) is 11.2. The molecule has 5 rings (SSSR count). The van der Waals surface area contributed by atoms with E-state index in [4.69, 9.17) is 9.73 Å². The van der Waals surface area contributed by atoms with E-state index in [0.717, 1.165) is 33.5 Å². The van der Waals surface area contributed by atoms with Crippen molar-refractivity contribution < 1.29 is 4.74 Å². The second kappa shape index (κ2) is 9.59. The zero-order chi connectivity index (χ0) is 23.3. The van der Waals surface area contributed by atoms with Crippen LogP contribution in [-0.4, -0.2) is 17.4 Å². The fraction of sp³-hybridized carbons (Fsp3) is 0.0667. The van der Waals surface area contributed by atoms with Gasteiger partial charge in [0.15, 0.2) is 0 Å². The Labute approximate surface area is 198 Å². The van der Waals surface area contributed by atoms with Gasteiger partial charge in [0.25, 0.3) is 5.56 Å². The summed E-state index contributed by atoms with van der Waals surface area (Å²) >= 11 is 0. The number of aromatic nitrogens is 1. The van der Waals surface area contributed by atoms with Crippen LogP contribution in [0.4, 0.5) is 5.82 Å². The number of fused-ring (bicyclic) bond motifs is 1. The molecule has 166 valence electrons. The normalized spacial score (nSPS) is 10.7. The monoisotopic (exact) mass is 444 g/mol. The van der Waals surface area contributed by atoms with E-state index in [1.165, 1.54) is 0 Å². The number of rotatable bonds is 6. The van der Waals surface area contributed by atoms with E-state index in [2.05, 4.69) is 0 Å². The van der Waals surface area contributed by atoms with Crippen LogP contribution in [0.15, 0.2) is 125 Å². The van der Waals surface area contributed by atoms with Crippen molar-refractivity contribution in [2.45, 2.75) is 6.54 Å². The zero-order valence-corrected chi connectivity index (χ0v) is 18.9. The summed E-state index contributed by atoms with van der Waals surface area (Å²) in [7, 11) is 1.64. The van der Waals surface area contributed by atoms with Gasteiger partial charge in [-0.05, 0) is 35.2 Å². The van der Waals surface area contributed by atoms with Gasteiger partial charge in [-0.25, -0.2) is 4.99 Å². The lowest BCUT2D eigenvalue weighted by Crippen LogP contribution is -2.21. The Hall–Kier alpha value is -4.44. The number of ether oxygens (including phenoxy) is 1. The van der Waals surface area contributed by atoms with Crippen LogP contribution >= 0.6 is 0 Å². The highest BCUT2D eigenvalue weighted by Crippen LogP contribution is 2.23. The van der Waals surface area contributed by atoms with Crippen molar-refractivity contribution in [1.82, 2.24) is 4.57 Å². The predicted octanol–water partition coefficient (Wildman–Crippen LogP) is 6.23. The molecule has 5 aromatic rings. The van der Waals surface area contributed by atoms with E-state index in [1.807, 2.05) is 115 Å². The first-order chi connectivity index (χ1) is 16.7. The highest BCUT2D eigenvalue weighted by Gasteiger charge is 2.13. The molecule has 4 heteroatoms. The Morgan fingerprint density at radius 1 is 0.765 bits per heavy atom. The van der Waals surface area contributed by atoms with Gasteiger partial charge in [0.2, 0.25) is 0 Å². The Morgan fingerprint density at radius 3 is 1.97 bits per heavy atom. The van der Waals surface area contributed by atoms with Crippen molar-refractivity contribution in [3.63, 3.8) is 0 Å². The van der Waals surface area contributed by atoms with E-state index in [-0.39, 0.29) is 5.56 Å². The molecule has 0 saturated heterocycles. The predicted molar refractivity (Wildman–Crippen MR) is 138 cm³/mol. The number of hydrogen-bond donors (Lipinski definition) is 0. The quantitative estimate of drug-likeness (QED) is 0.292. The van der Waals surface area contributed by atoms with Crippen LogP contribution in [0.25, 0.3) is 10.8 Å². The first kappa shape index (κ1) is 21.4. The van der Waals surface area contributed by atoms with Crippen molar-refractivity contribution in [2.24, 2.45) is 4.99 Å². The summed E-state index contributed by atoms with van der Waals surface area (Å²) in [5.41, 5.74) is 3.73. The second-order valence-electron chi connectivity index (χ2n) is 8.02. The molecule has 1 heterocycles. The van der Waals surface area contributed by atoms with Crippen LogP contribution < -0.4 is 10.3 Å². The average molecular weight is 445 g/mol. The maximum absolute atomic E-state index is 13.6. The number of pyridine rings is 1. The third kappa shape index (κ3) is 4.39. The van der Waals surface area contributed by atoms with E-state index < -0.39 is 0 Å². The van der Waals surface area contributed by atoms with Crippen molar-refractivity contribution in [1.29, 1.82) is 0 Å². The molecular weight excluding hydrogens is 420 g/mol. The fourth-order valence-electron chi connectivity index (χ4n) is 4.05. The molecule has 4 aromatic carbocycles. The summed E-state index contributed by atoms with van der Waals surface area (Å²) in [6.45, 7) is 0.406. The zero-order valence-electron chi connectivity index (χ0n) is 18.9. The highest BCUT2D eigenvalue weighted by molar-refractivity contribution is 6.14. The molecule has 0 N–H and O–H groups in total.